The molecule has 0 fully saturated rings. The van der Waals surface area contributed by atoms with Crippen molar-refractivity contribution in [3.8, 4) is 0 Å². The van der Waals surface area contributed by atoms with Crippen molar-refractivity contribution in [1.29, 1.82) is 0 Å². The van der Waals surface area contributed by atoms with Crippen LogP contribution in [0.25, 0.3) is 21.5 Å². The van der Waals surface area contributed by atoms with E-state index in [0.29, 0.717) is 0 Å². The number of esters is 1. The third kappa shape index (κ3) is 4.26. The number of benzene rings is 3. The number of aliphatic carboxylic acids is 1. The third-order valence-corrected chi connectivity index (χ3v) is 5.97. The topological polar surface area (TPSA) is 63.6 Å². The van der Waals surface area contributed by atoms with Crippen LogP contribution < -0.4 is 0 Å². The van der Waals surface area contributed by atoms with E-state index >= 15 is 0 Å². The maximum Gasteiger partial charge on any atom is 0.309 e. The number of carbonyl (C=O) groups is 2. The van der Waals surface area contributed by atoms with Crippen LogP contribution in [-0.2, 0) is 20.9 Å². The summed E-state index contributed by atoms with van der Waals surface area (Å²) in [4.78, 5) is 24.4. The van der Waals surface area contributed by atoms with Crippen molar-refractivity contribution in [3.05, 3.63) is 60.2 Å². The molecule has 0 amide bonds. The maximum atomic E-state index is 12.8. The molecule has 0 aromatic heterocycles. The predicted octanol–water partition coefficient (Wildman–Crippen LogP) is 5.67. The first-order chi connectivity index (χ1) is 13.8. The summed E-state index contributed by atoms with van der Waals surface area (Å²) in [5.74, 6) is -2.69. The van der Waals surface area contributed by atoms with Gasteiger partial charge >= 0.3 is 11.9 Å². The Hall–Kier alpha value is -2.88. The van der Waals surface area contributed by atoms with Gasteiger partial charge < -0.3 is 9.84 Å². The van der Waals surface area contributed by atoms with E-state index in [1.807, 2.05) is 57.2 Å². The van der Waals surface area contributed by atoms with E-state index in [9.17, 15) is 14.7 Å². The summed E-state index contributed by atoms with van der Waals surface area (Å²) in [5.41, 5.74) is 0.977. The van der Waals surface area contributed by atoms with Crippen LogP contribution in [0.3, 0.4) is 0 Å². The lowest BCUT2D eigenvalue weighted by Gasteiger charge is -2.27. The van der Waals surface area contributed by atoms with Gasteiger partial charge in [0.15, 0.2) is 0 Å². The number of carbonyl (C=O) groups excluding carboxylic acids is 1. The molecule has 0 spiro atoms. The Morgan fingerprint density at radius 1 is 0.897 bits per heavy atom. The van der Waals surface area contributed by atoms with E-state index < -0.39 is 17.8 Å². The maximum absolute atomic E-state index is 12.8. The van der Waals surface area contributed by atoms with Gasteiger partial charge in [0.2, 0.25) is 0 Å². The highest BCUT2D eigenvalue weighted by atomic mass is 16.5. The number of hydrogen-bond donors (Lipinski definition) is 1. The predicted molar refractivity (Wildman–Crippen MR) is 116 cm³/mol. The van der Waals surface area contributed by atoms with Gasteiger partial charge in [-0.2, -0.15) is 0 Å². The average Bonchev–Trinajstić information content (AvgIpc) is 2.69. The van der Waals surface area contributed by atoms with E-state index in [1.54, 1.807) is 6.92 Å². The number of hydrogen-bond acceptors (Lipinski definition) is 3. The van der Waals surface area contributed by atoms with Gasteiger partial charge in [-0.15, -0.1) is 0 Å². The quantitative estimate of drug-likeness (QED) is 0.416. The zero-order valence-corrected chi connectivity index (χ0v) is 17.4. The molecule has 0 aliphatic carbocycles. The molecule has 0 saturated heterocycles. The van der Waals surface area contributed by atoms with Crippen LogP contribution in [0, 0.1) is 23.7 Å². The average molecular weight is 392 g/mol. The van der Waals surface area contributed by atoms with Crippen LogP contribution in [-0.4, -0.2) is 17.0 Å². The van der Waals surface area contributed by atoms with Gasteiger partial charge in [0, 0.05) is 5.56 Å². The second-order valence-electron chi connectivity index (χ2n) is 8.16. The first-order valence-corrected chi connectivity index (χ1v) is 10.1. The summed E-state index contributed by atoms with van der Waals surface area (Å²) < 4.78 is 5.70. The van der Waals surface area contributed by atoms with Crippen LogP contribution in [0.15, 0.2) is 54.6 Å². The fourth-order valence-electron chi connectivity index (χ4n) is 4.18. The number of carboxylic acids is 1. The van der Waals surface area contributed by atoms with Gasteiger partial charge in [-0.05, 0) is 39.4 Å². The molecule has 0 radical (unpaired) electrons. The Morgan fingerprint density at radius 2 is 1.41 bits per heavy atom. The third-order valence-electron chi connectivity index (χ3n) is 5.97. The smallest absolute Gasteiger partial charge is 0.309 e. The molecule has 0 heterocycles. The van der Waals surface area contributed by atoms with Gasteiger partial charge in [-0.25, -0.2) is 0 Å². The molecule has 3 rings (SSSR count). The van der Waals surface area contributed by atoms with Crippen molar-refractivity contribution in [2.45, 2.75) is 34.3 Å². The van der Waals surface area contributed by atoms with Gasteiger partial charge in [0.1, 0.15) is 6.61 Å². The minimum absolute atomic E-state index is 0.0558. The first-order valence-electron chi connectivity index (χ1n) is 10.1. The summed E-state index contributed by atoms with van der Waals surface area (Å²) in [5, 5.41) is 13.9. The van der Waals surface area contributed by atoms with Crippen LogP contribution in [0.4, 0.5) is 0 Å². The van der Waals surface area contributed by atoms with Crippen molar-refractivity contribution >= 4 is 33.5 Å². The molecule has 29 heavy (non-hydrogen) atoms. The summed E-state index contributed by atoms with van der Waals surface area (Å²) in [6, 6.07) is 18.3. The van der Waals surface area contributed by atoms with Gasteiger partial charge in [0.25, 0.3) is 0 Å². The molecule has 152 valence electrons. The minimum atomic E-state index is -0.868. The normalized spacial score (nSPS) is 14.7. The van der Waals surface area contributed by atoms with Crippen molar-refractivity contribution < 1.29 is 19.4 Å². The molecule has 0 bridgehead atoms. The number of carboxylic acid groups (broad SMARTS) is 1. The highest BCUT2D eigenvalue weighted by Crippen LogP contribution is 2.31. The molecule has 4 heteroatoms. The highest BCUT2D eigenvalue weighted by molar-refractivity contribution is 6.02. The molecule has 3 aromatic carbocycles. The zero-order valence-electron chi connectivity index (χ0n) is 17.4. The summed E-state index contributed by atoms with van der Waals surface area (Å²) in [6.07, 6.45) is 0. The molecular weight excluding hydrogens is 364 g/mol. The molecule has 0 aliphatic rings. The lowest BCUT2D eigenvalue weighted by Crippen LogP contribution is -2.34. The molecule has 0 aliphatic heterocycles. The molecule has 3 atom stereocenters. The standard InChI is InChI=1S/C25H28O4/c1-15(2)23(24(26)27)16(3)17(4)25(28)29-14-22-20-11-7-5-9-18(20)13-19-10-6-8-12-21(19)22/h5-13,15-17,23H,14H2,1-4H3,(H,26,27). The molecule has 3 unspecified atom stereocenters. The van der Waals surface area contributed by atoms with Gasteiger partial charge in [0.05, 0.1) is 11.8 Å². The Morgan fingerprint density at radius 3 is 1.90 bits per heavy atom. The Kier molecular flexibility index (Phi) is 6.21. The molecule has 4 nitrogen and oxygen atoms in total. The van der Waals surface area contributed by atoms with Crippen molar-refractivity contribution in [3.63, 3.8) is 0 Å². The molecule has 3 aromatic rings. The Bertz CT molecular complexity index is 983. The summed E-state index contributed by atoms with van der Waals surface area (Å²) in [7, 11) is 0. The summed E-state index contributed by atoms with van der Waals surface area (Å²) in [6.45, 7) is 7.48. The molecule has 0 saturated carbocycles. The van der Waals surface area contributed by atoms with E-state index in [0.717, 1.165) is 27.1 Å². The van der Waals surface area contributed by atoms with E-state index in [1.165, 1.54) is 0 Å². The van der Waals surface area contributed by atoms with Crippen molar-refractivity contribution in [2.75, 3.05) is 0 Å². The zero-order chi connectivity index (χ0) is 21.1. The van der Waals surface area contributed by atoms with Crippen LogP contribution in [0.5, 0.6) is 0 Å². The first kappa shape index (κ1) is 20.8. The van der Waals surface area contributed by atoms with E-state index in [-0.39, 0.29) is 24.4 Å². The Balaban J connectivity index is 1.86. The second-order valence-corrected chi connectivity index (χ2v) is 8.16. The lowest BCUT2D eigenvalue weighted by molar-refractivity contribution is -0.154. The molecular formula is C25H28O4. The molecule has 1 N–H and O–H groups in total. The summed E-state index contributed by atoms with van der Waals surface area (Å²) >= 11 is 0. The largest absolute Gasteiger partial charge is 0.481 e. The lowest BCUT2D eigenvalue weighted by atomic mass is 9.78. The monoisotopic (exact) mass is 392 g/mol. The number of rotatable bonds is 7. The van der Waals surface area contributed by atoms with E-state index in [4.69, 9.17) is 4.74 Å². The van der Waals surface area contributed by atoms with Gasteiger partial charge in [-0.1, -0.05) is 76.2 Å². The minimum Gasteiger partial charge on any atom is -0.481 e. The number of fused-ring (bicyclic) bond motifs is 2. The Labute approximate surface area is 171 Å². The second kappa shape index (κ2) is 8.64. The highest BCUT2D eigenvalue weighted by Gasteiger charge is 2.35. The van der Waals surface area contributed by atoms with Crippen LogP contribution >= 0.6 is 0 Å². The fourth-order valence-corrected chi connectivity index (χ4v) is 4.18. The van der Waals surface area contributed by atoms with Gasteiger partial charge in [-0.3, -0.25) is 9.59 Å². The van der Waals surface area contributed by atoms with Crippen molar-refractivity contribution in [2.24, 2.45) is 23.7 Å². The van der Waals surface area contributed by atoms with Crippen LogP contribution in [0.2, 0.25) is 0 Å². The fraction of sp³-hybridized carbons (Fsp3) is 0.360. The van der Waals surface area contributed by atoms with E-state index in [2.05, 4.69) is 18.2 Å². The number of ether oxygens (including phenoxy) is 1. The van der Waals surface area contributed by atoms with Crippen molar-refractivity contribution in [1.82, 2.24) is 0 Å². The van der Waals surface area contributed by atoms with Crippen LogP contribution in [0.1, 0.15) is 33.3 Å². The SMILES string of the molecule is CC(C)C(C(=O)O)C(C)C(C)C(=O)OCc1c2ccccc2cc2ccccc12.